The first kappa shape index (κ1) is 24.1. The Morgan fingerprint density at radius 2 is 2.12 bits per heavy atom. The lowest BCUT2D eigenvalue weighted by Crippen LogP contribution is -2.51. The molecule has 1 fully saturated rings. The Labute approximate surface area is 194 Å². The quantitative estimate of drug-likeness (QED) is 0.448. The van der Waals surface area contributed by atoms with Gasteiger partial charge in [-0.05, 0) is 18.9 Å². The van der Waals surface area contributed by atoms with Crippen LogP contribution in [0.15, 0.2) is 18.6 Å². The Morgan fingerprint density at radius 3 is 2.82 bits per heavy atom. The molecule has 0 spiro atoms. The monoisotopic (exact) mass is 479 g/mol. The predicted molar refractivity (Wildman–Crippen MR) is 121 cm³/mol. The molecule has 2 N–H and O–H groups in total. The van der Waals surface area contributed by atoms with E-state index >= 15 is 0 Å². The predicted octanol–water partition coefficient (Wildman–Crippen LogP) is 2.69. The highest BCUT2D eigenvalue weighted by atomic mass is 19.4. The Morgan fingerprint density at radius 1 is 1.26 bits per heavy atom. The zero-order chi connectivity index (χ0) is 24.1. The molecule has 1 aliphatic heterocycles. The molecule has 0 aliphatic carbocycles. The summed E-state index contributed by atoms with van der Waals surface area (Å²) >= 11 is 0. The van der Waals surface area contributed by atoms with Gasteiger partial charge in [0.25, 0.3) is 0 Å². The van der Waals surface area contributed by atoms with Gasteiger partial charge in [0, 0.05) is 31.9 Å². The fourth-order valence-electron chi connectivity index (χ4n) is 3.87. The summed E-state index contributed by atoms with van der Waals surface area (Å²) in [7, 11) is 0. The first-order valence-corrected chi connectivity index (χ1v) is 11.3. The fraction of sp³-hybridized carbons (Fsp3) is 0.571. The van der Waals surface area contributed by atoms with Crippen molar-refractivity contribution >= 4 is 28.6 Å². The van der Waals surface area contributed by atoms with Gasteiger partial charge >= 0.3 is 6.18 Å². The molecule has 184 valence electrons. The zero-order valence-electron chi connectivity index (χ0n) is 19.1. The third kappa shape index (κ3) is 5.70. The minimum atomic E-state index is -4.38. The Kier molecular flexibility index (Phi) is 7.41. The molecule has 0 aromatic carbocycles. The van der Waals surface area contributed by atoms with Gasteiger partial charge in [0.2, 0.25) is 5.95 Å². The summed E-state index contributed by atoms with van der Waals surface area (Å²) in [6.45, 7) is 5.12. The van der Waals surface area contributed by atoms with Gasteiger partial charge in [-0.2, -0.15) is 23.3 Å². The van der Waals surface area contributed by atoms with Gasteiger partial charge in [0.05, 0.1) is 18.8 Å². The minimum Gasteiger partial charge on any atom is -0.370 e. The van der Waals surface area contributed by atoms with Crippen molar-refractivity contribution in [3.05, 3.63) is 24.3 Å². The summed E-state index contributed by atoms with van der Waals surface area (Å²) in [6.07, 6.45) is 0.245. The van der Waals surface area contributed by atoms with Crippen molar-refractivity contribution in [2.45, 2.75) is 45.5 Å². The smallest absolute Gasteiger partial charge is 0.370 e. The number of ether oxygens (including phenoxy) is 1. The van der Waals surface area contributed by atoms with Crippen molar-refractivity contribution in [1.29, 1.82) is 0 Å². The molecular weight excluding hydrogens is 451 g/mol. The van der Waals surface area contributed by atoms with Crippen LogP contribution < -0.4 is 15.5 Å². The maximum Gasteiger partial charge on any atom is 0.411 e. The lowest BCUT2D eigenvalue weighted by atomic mass is 10.1. The highest BCUT2D eigenvalue weighted by Crippen LogP contribution is 2.29. The average molecular weight is 480 g/mol. The second-order valence-corrected chi connectivity index (χ2v) is 7.99. The standard InChI is InChI=1S/C21H28F3N9O/c1-3-14-11-32(8-7-26-14)20-29-17-15(4-2)31-33(9-10-34-12-21(22,23)24)18(17)19(30-20)28-16-5-6-25-13-27-16/h5-6,13-14,26H,3-4,7-12H2,1-2H3,(H,25,27,28,29,30)/t14-/m1/s1. The van der Waals surface area contributed by atoms with Crippen LogP contribution in [0, 0.1) is 0 Å². The Balaban J connectivity index is 1.72. The van der Waals surface area contributed by atoms with Gasteiger partial charge in [-0.25, -0.2) is 15.0 Å². The number of aryl methyl sites for hydroxylation is 1. The maximum absolute atomic E-state index is 12.5. The maximum atomic E-state index is 12.5. The number of nitrogens with zero attached hydrogens (tertiary/aromatic N) is 7. The van der Waals surface area contributed by atoms with Crippen molar-refractivity contribution in [1.82, 2.24) is 35.0 Å². The van der Waals surface area contributed by atoms with E-state index in [9.17, 15) is 13.2 Å². The summed E-state index contributed by atoms with van der Waals surface area (Å²) in [6, 6.07) is 2.05. The molecule has 1 atom stereocenters. The highest BCUT2D eigenvalue weighted by Gasteiger charge is 2.28. The van der Waals surface area contributed by atoms with Crippen LogP contribution in [0.3, 0.4) is 0 Å². The lowest BCUT2D eigenvalue weighted by molar-refractivity contribution is -0.174. The number of halogens is 3. The van der Waals surface area contributed by atoms with Gasteiger partial charge in [0.15, 0.2) is 5.82 Å². The number of nitrogens with one attached hydrogen (secondary N) is 2. The summed E-state index contributed by atoms with van der Waals surface area (Å²) < 4.78 is 43.8. The van der Waals surface area contributed by atoms with E-state index in [1.165, 1.54) is 6.33 Å². The summed E-state index contributed by atoms with van der Waals surface area (Å²) in [5, 5.41) is 11.3. The fourth-order valence-corrected chi connectivity index (χ4v) is 3.87. The van der Waals surface area contributed by atoms with E-state index in [2.05, 4.69) is 37.5 Å². The topological polar surface area (TPSA) is 106 Å². The molecule has 3 aromatic heterocycles. The first-order chi connectivity index (χ1) is 16.4. The van der Waals surface area contributed by atoms with Crippen molar-refractivity contribution in [2.75, 3.05) is 43.1 Å². The Bertz CT molecular complexity index is 1090. The van der Waals surface area contributed by atoms with E-state index in [4.69, 9.17) is 14.7 Å². The van der Waals surface area contributed by atoms with Crippen LogP contribution in [-0.2, 0) is 17.7 Å². The number of hydrogen-bond donors (Lipinski definition) is 2. The number of alkyl halides is 3. The SMILES string of the molecule is CCc1nn(CCOCC(F)(F)F)c2c(Nc3ccncn3)nc(N3CCN[C@H](CC)C3)nc12. The second kappa shape index (κ2) is 10.5. The zero-order valence-corrected chi connectivity index (χ0v) is 19.1. The van der Waals surface area contributed by atoms with Gasteiger partial charge in [-0.1, -0.05) is 13.8 Å². The Hall–Kier alpha value is -3.06. The highest BCUT2D eigenvalue weighted by molar-refractivity contribution is 5.90. The third-order valence-corrected chi connectivity index (χ3v) is 5.55. The molecule has 4 heterocycles. The first-order valence-electron chi connectivity index (χ1n) is 11.3. The molecular formula is C21H28F3N9O. The van der Waals surface area contributed by atoms with Gasteiger partial charge < -0.3 is 20.3 Å². The number of aromatic nitrogens is 6. The molecule has 4 rings (SSSR count). The van der Waals surface area contributed by atoms with Crippen molar-refractivity contribution in [2.24, 2.45) is 0 Å². The van der Waals surface area contributed by atoms with Crippen LogP contribution >= 0.6 is 0 Å². The van der Waals surface area contributed by atoms with Gasteiger partial charge in [-0.3, -0.25) is 4.68 Å². The summed E-state index contributed by atoms with van der Waals surface area (Å²) in [5.74, 6) is 1.59. The van der Waals surface area contributed by atoms with Gasteiger partial charge in [-0.15, -0.1) is 0 Å². The molecule has 10 nitrogen and oxygen atoms in total. The summed E-state index contributed by atoms with van der Waals surface area (Å²) in [4.78, 5) is 19.9. The molecule has 0 bridgehead atoms. The molecule has 0 unspecified atom stereocenters. The molecule has 0 saturated carbocycles. The molecule has 3 aromatic rings. The van der Waals surface area contributed by atoms with Crippen LogP contribution in [0.4, 0.5) is 30.8 Å². The van der Waals surface area contributed by atoms with Crippen LogP contribution in [0.1, 0.15) is 26.0 Å². The van der Waals surface area contributed by atoms with E-state index in [1.807, 2.05) is 6.92 Å². The van der Waals surface area contributed by atoms with E-state index in [-0.39, 0.29) is 13.2 Å². The number of anilines is 3. The van der Waals surface area contributed by atoms with Crippen molar-refractivity contribution in [3.63, 3.8) is 0 Å². The molecule has 13 heteroatoms. The molecule has 34 heavy (non-hydrogen) atoms. The van der Waals surface area contributed by atoms with Crippen molar-refractivity contribution in [3.8, 4) is 0 Å². The van der Waals surface area contributed by atoms with Crippen LogP contribution in [0.2, 0.25) is 0 Å². The molecule has 0 radical (unpaired) electrons. The van der Waals surface area contributed by atoms with Crippen molar-refractivity contribution < 1.29 is 17.9 Å². The van der Waals surface area contributed by atoms with E-state index < -0.39 is 12.8 Å². The largest absolute Gasteiger partial charge is 0.411 e. The van der Waals surface area contributed by atoms with E-state index in [0.717, 1.165) is 31.7 Å². The van der Waals surface area contributed by atoms with Crippen LogP contribution in [-0.4, -0.2) is 74.8 Å². The van der Waals surface area contributed by atoms with E-state index in [0.29, 0.717) is 41.1 Å². The molecule has 1 saturated heterocycles. The lowest BCUT2D eigenvalue weighted by Gasteiger charge is -2.33. The van der Waals surface area contributed by atoms with E-state index in [1.54, 1.807) is 16.9 Å². The van der Waals surface area contributed by atoms with Crippen LogP contribution in [0.5, 0.6) is 0 Å². The van der Waals surface area contributed by atoms with Crippen LogP contribution in [0.25, 0.3) is 11.0 Å². The minimum absolute atomic E-state index is 0.124. The third-order valence-electron chi connectivity index (χ3n) is 5.55. The van der Waals surface area contributed by atoms with Gasteiger partial charge in [0.1, 0.15) is 29.8 Å². The number of rotatable bonds is 9. The molecule has 1 aliphatic rings. The molecule has 0 amide bonds. The summed E-state index contributed by atoms with van der Waals surface area (Å²) in [5.41, 5.74) is 1.99. The number of piperazine rings is 1. The normalized spacial score (nSPS) is 16.9. The number of fused-ring (bicyclic) bond motifs is 1. The number of hydrogen-bond acceptors (Lipinski definition) is 9. The average Bonchev–Trinajstić information content (AvgIpc) is 3.20. The second-order valence-electron chi connectivity index (χ2n) is 7.99.